The zero-order chi connectivity index (χ0) is 20.0. The lowest BCUT2D eigenvalue weighted by atomic mass is 10.2. The minimum absolute atomic E-state index is 0.00385. The second-order valence-electron chi connectivity index (χ2n) is 5.94. The van der Waals surface area contributed by atoms with E-state index in [0.29, 0.717) is 5.75 Å². The van der Waals surface area contributed by atoms with E-state index in [2.05, 4.69) is 5.32 Å². The lowest BCUT2D eigenvalue weighted by molar-refractivity contribution is -0.123. The minimum atomic E-state index is -4.50. The number of ether oxygens (including phenoxy) is 1. The van der Waals surface area contributed by atoms with Crippen LogP contribution in [0.5, 0.6) is 5.75 Å². The summed E-state index contributed by atoms with van der Waals surface area (Å²) in [6, 6.07) is 12.8. The summed E-state index contributed by atoms with van der Waals surface area (Å²) in [5.74, 6) is -0.806. The maximum absolute atomic E-state index is 12.2. The van der Waals surface area contributed by atoms with E-state index in [-0.39, 0.29) is 11.3 Å². The van der Waals surface area contributed by atoms with Gasteiger partial charge in [-0.25, -0.2) is 0 Å². The monoisotopic (exact) mass is 380 g/mol. The molecule has 0 aromatic heterocycles. The number of carbonyl (C=O) groups excluding carboxylic acids is 2. The predicted molar refractivity (Wildman–Crippen MR) is 94.7 cm³/mol. The maximum Gasteiger partial charge on any atom is 0.405 e. The molecule has 0 fully saturated rings. The second-order valence-corrected chi connectivity index (χ2v) is 5.94. The largest absolute Gasteiger partial charge is 0.481 e. The highest BCUT2D eigenvalue weighted by molar-refractivity contribution is 5.98. The molecule has 0 aliphatic carbocycles. The molecule has 144 valence electrons. The number of hydrogen-bond donors (Lipinski definition) is 2. The van der Waals surface area contributed by atoms with Crippen LogP contribution in [-0.2, 0) is 4.79 Å². The molecular formula is C19H19F3N2O3. The zero-order valence-corrected chi connectivity index (χ0v) is 14.8. The Kier molecular flexibility index (Phi) is 6.44. The number of benzene rings is 2. The first-order valence-electron chi connectivity index (χ1n) is 8.13. The summed E-state index contributed by atoms with van der Waals surface area (Å²) in [5, 5.41) is 4.35. The molecule has 0 aliphatic heterocycles. The van der Waals surface area contributed by atoms with E-state index in [4.69, 9.17) is 4.74 Å². The molecular weight excluding hydrogens is 361 g/mol. The summed E-state index contributed by atoms with van der Waals surface area (Å²) >= 11 is 0. The Morgan fingerprint density at radius 1 is 1.11 bits per heavy atom. The number of anilines is 1. The van der Waals surface area contributed by atoms with E-state index in [1.165, 1.54) is 24.3 Å². The molecule has 0 unspecified atom stereocenters. The molecule has 8 heteroatoms. The van der Waals surface area contributed by atoms with Gasteiger partial charge in [0.25, 0.3) is 11.8 Å². The van der Waals surface area contributed by atoms with Crippen LogP contribution in [0.15, 0.2) is 48.5 Å². The van der Waals surface area contributed by atoms with E-state index in [1.54, 1.807) is 24.4 Å². The highest BCUT2D eigenvalue weighted by atomic mass is 19.4. The van der Waals surface area contributed by atoms with Crippen molar-refractivity contribution in [3.63, 3.8) is 0 Å². The van der Waals surface area contributed by atoms with Crippen LogP contribution in [-0.4, -0.2) is 30.6 Å². The SMILES string of the molecule is Cc1ccc(O[C@@H](C)C(=O)Nc2cccc(C(=O)NCC(F)(F)F)c2)cc1. The van der Waals surface area contributed by atoms with Crippen LogP contribution in [0, 0.1) is 6.92 Å². The van der Waals surface area contributed by atoms with Crippen molar-refractivity contribution >= 4 is 17.5 Å². The summed E-state index contributed by atoms with van der Waals surface area (Å²) in [6.45, 7) is 2.07. The molecule has 0 saturated carbocycles. The second kappa shape index (κ2) is 8.57. The molecule has 0 bridgehead atoms. The Bertz CT molecular complexity index is 805. The van der Waals surface area contributed by atoms with E-state index in [0.717, 1.165) is 5.56 Å². The predicted octanol–water partition coefficient (Wildman–Crippen LogP) is 3.69. The van der Waals surface area contributed by atoms with Crippen molar-refractivity contribution in [3.8, 4) is 5.75 Å². The molecule has 5 nitrogen and oxygen atoms in total. The van der Waals surface area contributed by atoms with Gasteiger partial charge in [-0.05, 0) is 44.2 Å². The normalized spacial score (nSPS) is 12.2. The summed E-state index contributed by atoms with van der Waals surface area (Å²) in [5.41, 5.74) is 1.34. The Labute approximate surface area is 154 Å². The number of amides is 2. The molecule has 2 aromatic carbocycles. The van der Waals surface area contributed by atoms with Gasteiger partial charge in [-0.2, -0.15) is 13.2 Å². The zero-order valence-electron chi connectivity index (χ0n) is 14.8. The number of rotatable bonds is 6. The van der Waals surface area contributed by atoms with Gasteiger partial charge in [0.05, 0.1) is 0 Å². The third kappa shape index (κ3) is 6.65. The molecule has 0 aliphatic rings. The number of hydrogen-bond acceptors (Lipinski definition) is 3. The minimum Gasteiger partial charge on any atom is -0.481 e. The van der Waals surface area contributed by atoms with E-state index >= 15 is 0 Å². The Morgan fingerprint density at radius 2 is 1.78 bits per heavy atom. The van der Waals surface area contributed by atoms with Crippen molar-refractivity contribution < 1.29 is 27.5 Å². The van der Waals surface area contributed by atoms with Gasteiger partial charge in [-0.15, -0.1) is 0 Å². The van der Waals surface area contributed by atoms with Gasteiger partial charge in [-0.1, -0.05) is 23.8 Å². The molecule has 0 heterocycles. The topological polar surface area (TPSA) is 67.4 Å². The molecule has 2 aromatic rings. The fourth-order valence-electron chi connectivity index (χ4n) is 2.14. The van der Waals surface area contributed by atoms with Crippen molar-refractivity contribution in [2.24, 2.45) is 0 Å². The van der Waals surface area contributed by atoms with E-state index in [9.17, 15) is 22.8 Å². The van der Waals surface area contributed by atoms with Gasteiger partial charge in [-0.3, -0.25) is 9.59 Å². The van der Waals surface area contributed by atoms with Gasteiger partial charge in [0.2, 0.25) is 0 Å². The van der Waals surface area contributed by atoms with Crippen LogP contribution < -0.4 is 15.4 Å². The number of halogens is 3. The average Bonchev–Trinajstić information content (AvgIpc) is 2.61. The highest BCUT2D eigenvalue weighted by Gasteiger charge is 2.28. The third-order valence-corrected chi connectivity index (χ3v) is 3.54. The fraction of sp³-hybridized carbons (Fsp3) is 0.263. The fourth-order valence-corrected chi connectivity index (χ4v) is 2.14. The Hall–Kier alpha value is -3.03. The first-order valence-corrected chi connectivity index (χ1v) is 8.13. The Balaban J connectivity index is 1.97. The molecule has 27 heavy (non-hydrogen) atoms. The molecule has 0 spiro atoms. The van der Waals surface area contributed by atoms with Gasteiger partial charge >= 0.3 is 6.18 Å². The van der Waals surface area contributed by atoms with Crippen molar-refractivity contribution in [1.82, 2.24) is 5.32 Å². The maximum atomic E-state index is 12.2. The number of alkyl halides is 3. The molecule has 1 atom stereocenters. The molecule has 2 rings (SSSR count). The van der Waals surface area contributed by atoms with Gasteiger partial charge in [0, 0.05) is 11.3 Å². The van der Waals surface area contributed by atoms with E-state index < -0.39 is 30.6 Å². The van der Waals surface area contributed by atoms with Gasteiger partial charge in [0.15, 0.2) is 6.10 Å². The Morgan fingerprint density at radius 3 is 2.41 bits per heavy atom. The van der Waals surface area contributed by atoms with Crippen molar-refractivity contribution in [2.75, 3.05) is 11.9 Å². The number of aryl methyl sites for hydroxylation is 1. The quantitative estimate of drug-likeness (QED) is 0.803. The lowest BCUT2D eigenvalue weighted by Crippen LogP contribution is -2.34. The van der Waals surface area contributed by atoms with Crippen LogP contribution in [0.2, 0.25) is 0 Å². The van der Waals surface area contributed by atoms with Crippen LogP contribution >= 0.6 is 0 Å². The smallest absolute Gasteiger partial charge is 0.405 e. The van der Waals surface area contributed by atoms with Crippen molar-refractivity contribution in [3.05, 3.63) is 59.7 Å². The third-order valence-electron chi connectivity index (χ3n) is 3.54. The summed E-state index contributed by atoms with van der Waals surface area (Å²) in [7, 11) is 0. The molecule has 2 N–H and O–H groups in total. The first kappa shape index (κ1) is 20.3. The molecule has 0 saturated heterocycles. The summed E-state index contributed by atoms with van der Waals surface area (Å²) in [4.78, 5) is 24.0. The summed E-state index contributed by atoms with van der Waals surface area (Å²) < 4.78 is 42.1. The van der Waals surface area contributed by atoms with Crippen LogP contribution in [0.1, 0.15) is 22.8 Å². The average molecular weight is 380 g/mol. The summed E-state index contributed by atoms with van der Waals surface area (Å²) in [6.07, 6.45) is -5.31. The molecule has 0 radical (unpaired) electrons. The number of carbonyl (C=O) groups is 2. The van der Waals surface area contributed by atoms with Gasteiger partial charge < -0.3 is 15.4 Å². The molecule has 2 amide bonds. The van der Waals surface area contributed by atoms with Crippen molar-refractivity contribution in [1.29, 1.82) is 0 Å². The van der Waals surface area contributed by atoms with Crippen molar-refractivity contribution in [2.45, 2.75) is 26.1 Å². The number of nitrogens with one attached hydrogen (secondary N) is 2. The van der Waals surface area contributed by atoms with Crippen LogP contribution in [0.3, 0.4) is 0 Å². The first-order chi connectivity index (χ1) is 12.6. The highest BCUT2D eigenvalue weighted by Crippen LogP contribution is 2.16. The van der Waals surface area contributed by atoms with Crippen LogP contribution in [0.4, 0.5) is 18.9 Å². The van der Waals surface area contributed by atoms with Crippen LogP contribution in [0.25, 0.3) is 0 Å². The lowest BCUT2D eigenvalue weighted by Gasteiger charge is -2.15. The van der Waals surface area contributed by atoms with E-state index in [1.807, 2.05) is 19.1 Å². The standard InChI is InChI=1S/C19H19F3N2O3/c1-12-6-8-16(9-7-12)27-13(2)17(25)24-15-5-3-4-14(10-15)18(26)23-11-19(20,21)22/h3-10,13H,11H2,1-2H3,(H,23,26)(H,24,25)/t13-/m0/s1. The van der Waals surface area contributed by atoms with Gasteiger partial charge in [0.1, 0.15) is 12.3 Å².